The number of nitrogens with zero attached hydrogens (tertiary/aromatic N) is 2. The Balaban J connectivity index is 1.77. The number of benzene rings is 2. The van der Waals surface area contributed by atoms with Crippen molar-refractivity contribution in [2.24, 2.45) is 5.92 Å². The summed E-state index contributed by atoms with van der Waals surface area (Å²) in [6, 6.07) is 18.0. The Kier molecular flexibility index (Phi) is 11.7. The summed E-state index contributed by atoms with van der Waals surface area (Å²) in [5, 5.41) is 18.0. The van der Waals surface area contributed by atoms with Gasteiger partial charge in [-0.05, 0) is 49.8 Å². The van der Waals surface area contributed by atoms with Crippen LogP contribution in [0.4, 0.5) is 0 Å². The predicted octanol–water partition coefficient (Wildman–Crippen LogP) is 2.94. The first kappa shape index (κ1) is 32.8. The number of hydrogen-bond acceptors (Lipinski definition) is 7. The van der Waals surface area contributed by atoms with E-state index in [0.717, 1.165) is 9.87 Å². The number of carbonyl (C=O) groups excluding carboxylic acids is 2. The average molecular weight is 597 g/mol. The lowest BCUT2D eigenvalue weighted by atomic mass is 9.98. The molecule has 2 amide bonds. The molecule has 0 aliphatic heterocycles. The maximum absolute atomic E-state index is 14.1. The van der Waals surface area contributed by atoms with E-state index in [9.17, 15) is 23.1 Å². The zero-order valence-electron chi connectivity index (χ0n) is 24.6. The highest BCUT2D eigenvalue weighted by molar-refractivity contribution is 7.89. The minimum absolute atomic E-state index is 0.0295. The molecule has 0 radical (unpaired) electrons. The molecule has 226 valence electrons. The van der Waals surface area contributed by atoms with Crippen molar-refractivity contribution in [3.63, 3.8) is 0 Å². The molecule has 11 heteroatoms. The molecule has 42 heavy (non-hydrogen) atoms. The van der Waals surface area contributed by atoms with Gasteiger partial charge in [-0.3, -0.25) is 14.9 Å². The largest absolute Gasteiger partial charge is 0.464 e. The van der Waals surface area contributed by atoms with Gasteiger partial charge < -0.3 is 19.7 Å². The Labute approximate surface area is 248 Å². The molecule has 1 aromatic heterocycles. The first-order valence-corrected chi connectivity index (χ1v) is 15.3. The molecular weight excluding hydrogens is 556 g/mol. The van der Waals surface area contributed by atoms with Gasteiger partial charge in [0.15, 0.2) is 0 Å². The Morgan fingerprint density at radius 3 is 2.50 bits per heavy atom. The van der Waals surface area contributed by atoms with E-state index in [1.807, 2.05) is 44.2 Å². The topological polar surface area (TPSA) is 132 Å². The molecule has 1 unspecified atom stereocenters. The van der Waals surface area contributed by atoms with Crippen LogP contribution in [-0.4, -0.2) is 74.0 Å². The number of hydrogen-bond donors (Lipinski definition) is 3. The number of carbonyl (C=O) groups is 2. The van der Waals surface area contributed by atoms with Crippen molar-refractivity contribution in [1.29, 1.82) is 0 Å². The maximum Gasteiger partial charge on any atom is 0.245 e. The SMILES string of the molecule is CC(C)CN(C(O)(CCNC(=O)CCC#CNC(=O)CN(C)C)Cc1ccccc1)S(=O)(=O)c1ccc2occc2c1. The van der Waals surface area contributed by atoms with E-state index >= 15 is 0 Å². The first-order chi connectivity index (χ1) is 19.9. The number of amides is 2. The van der Waals surface area contributed by atoms with Gasteiger partial charge in [0.05, 0.1) is 17.7 Å². The van der Waals surface area contributed by atoms with E-state index in [-0.39, 0.29) is 67.9 Å². The zero-order valence-corrected chi connectivity index (χ0v) is 25.4. The van der Waals surface area contributed by atoms with Crippen LogP contribution in [0.5, 0.6) is 0 Å². The average Bonchev–Trinajstić information content (AvgIpc) is 3.40. The molecule has 0 saturated heterocycles. The summed E-state index contributed by atoms with van der Waals surface area (Å²) in [4.78, 5) is 25.9. The summed E-state index contributed by atoms with van der Waals surface area (Å²) in [6.07, 6.45) is 1.80. The molecule has 3 aromatic rings. The summed E-state index contributed by atoms with van der Waals surface area (Å²) in [5.74, 6) is 2.12. The van der Waals surface area contributed by atoms with Crippen LogP contribution in [0.25, 0.3) is 11.0 Å². The van der Waals surface area contributed by atoms with Gasteiger partial charge in [0, 0.05) is 50.2 Å². The number of furan rings is 1. The number of fused-ring (bicyclic) bond motifs is 1. The van der Waals surface area contributed by atoms with Crippen molar-refractivity contribution >= 4 is 32.8 Å². The molecular formula is C31H40N4O6S. The number of sulfonamides is 1. The van der Waals surface area contributed by atoms with Crippen molar-refractivity contribution in [3.8, 4) is 12.0 Å². The lowest BCUT2D eigenvalue weighted by Crippen LogP contribution is -2.55. The van der Waals surface area contributed by atoms with Gasteiger partial charge in [0.25, 0.3) is 0 Å². The zero-order chi connectivity index (χ0) is 30.8. The van der Waals surface area contributed by atoms with Gasteiger partial charge in [-0.2, -0.15) is 4.31 Å². The van der Waals surface area contributed by atoms with Gasteiger partial charge in [-0.15, -0.1) is 0 Å². The third-order valence-corrected chi connectivity index (χ3v) is 8.33. The van der Waals surface area contributed by atoms with Gasteiger partial charge in [0.1, 0.15) is 11.3 Å². The molecule has 0 saturated carbocycles. The second kappa shape index (κ2) is 15.0. The summed E-state index contributed by atoms with van der Waals surface area (Å²) < 4.78 is 34.7. The normalized spacial score (nSPS) is 13.1. The molecule has 0 spiro atoms. The fourth-order valence-corrected chi connectivity index (χ4v) is 6.32. The highest BCUT2D eigenvalue weighted by Crippen LogP contribution is 2.31. The van der Waals surface area contributed by atoms with E-state index in [0.29, 0.717) is 11.0 Å². The van der Waals surface area contributed by atoms with Crippen LogP contribution in [0.15, 0.2) is 70.2 Å². The molecule has 1 heterocycles. The predicted molar refractivity (Wildman–Crippen MR) is 161 cm³/mol. The number of rotatable bonds is 14. The third kappa shape index (κ3) is 9.42. The molecule has 3 rings (SSSR count). The summed E-state index contributed by atoms with van der Waals surface area (Å²) in [5.41, 5.74) is -0.515. The number of aliphatic hydroxyl groups is 1. The van der Waals surface area contributed by atoms with Crippen molar-refractivity contribution in [2.45, 2.75) is 50.2 Å². The monoisotopic (exact) mass is 596 g/mol. The van der Waals surface area contributed by atoms with Crippen molar-refractivity contribution in [3.05, 3.63) is 66.4 Å². The summed E-state index contributed by atoms with van der Waals surface area (Å²) in [7, 11) is -0.609. The number of likely N-dealkylation sites (N-methyl/N-ethyl adjacent to an activating group) is 1. The molecule has 2 aromatic carbocycles. The third-order valence-electron chi connectivity index (χ3n) is 6.41. The quantitative estimate of drug-likeness (QED) is 0.148. The minimum Gasteiger partial charge on any atom is -0.464 e. The smallest absolute Gasteiger partial charge is 0.245 e. The van der Waals surface area contributed by atoms with Gasteiger partial charge in [-0.1, -0.05) is 50.1 Å². The molecule has 0 aliphatic carbocycles. The Hall–Kier alpha value is -3.69. The van der Waals surface area contributed by atoms with Crippen LogP contribution in [-0.2, 0) is 26.0 Å². The molecule has 3 N–H and O–H groups in total. The van der Waals surface area contributed by atoms with Crippen LogP contribution < -0.4 is 10.6 Å². The van der Waals surface area contributed by atoms with E-state index < -0.39 is 15.7 Å². The van der Waals surface area contributed by atoms with Crippen LogP contribution in [0.1, 0.15) is 38.7 Å². The van der Waals surface area contributed by atoms with Crippen LogP contribution in [0.2, 0.25) is 0 Å². The Morgan fingerprint density at radius 2 is 1.81 bits per heavy atom. The van der Waals surface area contributed by atoms with Crippen molar-refractivity contribution in [1.82, 2.24) is 19.8 Å². The van der Waals surface area contributed by atoms with Crippen LogP contribution >= 0.6 is 0 Å². The Bertz CT molecular complexity index is 1510. The second-order valence-electron chi connectivity index (χ2n) is 10.9. The molecule has 0 bridgehead atoms. The highest BCUT2D eigenvalue weighted by atomic mass is 32.2. The molecule has 0 fully saturated rings. The molecule has 1 atom stereocenters. The summed E-state index contributed by atoms with van der Waals surface area (Å²) in [6.45, 7) is 4.09. The van der Waals surface area contributed by atoms with Crippen molar-refractivity contribution in [2.75, 3.05) is 33.7 Å². The fraction of sp³-hybridized carbons (Fsp3) is 0.419. The standard InChI is InChI=1S/C31H40N4O6S/c1-24(2)22-35(42(39,40)27-13-14-28-26(20-27)15-19-41-28)31(38,21-25-10-6-5-7-11-25)16-18-33-29(36)12-8-9-17-32-30(37)23-34(3)4/h5-7,10-11,13-15,19-20,24,38H,8,12,16,18,21-23H2,1-4H3,(H,32,37)(H,33,36). The lowest BCUT2D eigenvalue weighted by molar-refractivity contribution is -0.122. The molecule has 0 aliphatic rings. The van der Waals surface area contributed by atoms with Crippen LogP contribution in [0.3, 0.4) is 0 Å². The first-order valence-electron chi connectivity index (χ1n) is 13.9. The number of nitrogens with one attached hydrogen (secondary N) is 2. The minimum atomic E-state index is -4.16. The second-order valence-corrected chi connectivity index (χ2v) is 12.7. The highest BCUT2D eigenvalue weighted by Gasteiger charge is 2.43. The van der Waals surface area contributed by atoms with Crippen LogP contribution in [0, 0.1) is 17.9 Å². The van der Waals surface area contributed by atoms with E-state index in [2.05, 4.69) is 22.6 Å². The Morgan fingerprint density at radius 1 is 1.07 bits per heavy atom. The summed E-state index contributed by atoms with van der Waals surface area (Å²) >= 11 is 0. The van der Waals surface area contributed by atoms with E-state index in [4.69, 9.17) is 4.42 Å². The van der Waals surface area contributed by atoms with E-state index in [1.165, 1.54) is 18.4 Å². The fourth-order valence-electron chi connectivity index (χ4n) is 4.45. The lowest BCUT2D eigenvalue weighted by Gasteiger charge is -2.40. The molecule has 10 nitrogen and oxygen atoms in total. The van der Waals surface area contributed by atoms with Crippen molar-refractivity contribution < 1.29 is 27.5 Å². The van der Waals surface area contributed by atoms with Gasteiger partial charge in [0.2, 0.25) is 21.8 Å². The van der Waals surface area contributed by atoms with E-state index in [1.54, 1.807) is 31.1 Å². The van der Waals surface area contributed by atoms with Gasteiger partial charge in [-0.25, -0.2) is 8.42 Å². The van der Waals surface area contributed by atoms with Gasteiger partial charge >= 0.3 is 0 Å². The maximum atomic E-state index is 14.1.